The standard InChI is InChI=1S/C22H21FN2O2S.C10H12F2N2O.CH3NO/c1-12-9-27-21-15(12)7-19(16(8-24-11-26)13-5-6-13)25-20(21)17-10-28-22-14(17)3-2-4-18(22)23;1-6-3-7(5-14-10(11)12)9(13)8(4-6)15-2;2-1-3/h2-4,7,10-13,16H,5-6,8-9H2,1H3,(H,24,26);3-5,10H,13H2,1-2H3;1H,(H2,2,3)/b;14-5+;. The number of ether oxygens (including phenoxy) is 2. The van der Waals surface area contributed by atoms with Crippen LogP contribution in [0.3, 0.4) is 0 Å². The number of hydrogen-bond donors (Lipinski definition) is 3. The molecule has 0 saturated heterocycles. The zero-order chi connectivity index (χ0) is 33.4. The maximum Gasteiger partial charge on any atom is 0.331 e. The van der Waals surface area contributed by atoms with E-state index in [4.69, 9.17) is 25.0 Å². The molecule has 6 rings (SSSR count). The van der Waals surface area contributed by atoms with E-state index in [1.165, 1.54) is 24.5 Å². The van der Waals surface area contributed by atoms with Crippen molar-refractivity contribution in [1.29, 1.82) is 0 Å². The van der Waals surface area contributed by atoms with Crippen molar-refractivity contribution in [2.75, 3.05) is 26.0 Å². The highest BCUT2D eigenvalue weighted by Gasteiger charge is 2.36. The number of thiophene rings is 1. The number of alkyl halides is 2. The van der Waals surface area contributed by atoms with Gasteiger partial charge in [-0.3, -0.25) is 9.59 Å². The average molecular weight is 656 g/mol. The fourth-order valence-corrected chi connectivity index (χ4v) is 6.32. The fourth-order valence-electron chi connectivity index (χ4n) is 5.36. The number of halogens is 3. The molecule has 3 heterocycles. The van der Waals surface area contributed by atoms with Crippen LogP contribution in [0.15, 0.2) is 46.8 Å². The van der Waals surface area contributed by atoms with E-state index in [1.54, 1.807) is 18.2 Å². The van der Waals surface area contributed by atoms with Crippen molar-refractivity contribution in [3.8, 4) is 22.8 Å². The summed E-state index contributed by atoms with van der Waals surface area (Å²) in [5.41, 5.74) is 15.4. The molecule has 2 aliphatic rings. The summed E-state index contributed by atoms with van der Waals surface area (Å²) in [5.74, 6) is 2.12. The molecule has 46 heavy (non-hydrogen) atoms. The molecule has 0 bridgehead atoms. The van der Waals surface area contributed by atoms with E-state index in [1.807, 2.05) is 18.4 Å². The summed E-state index contributed by atoms with van der Waals surface area (Å²) < 4.78 is 49.6. The lowest BCUT2D eigenvalue weighted by Crippen LogP contribution is -2.22. The van der Waals surface area contributed by atoms with Gasteiger partial charge in [-0.2, -0.15) is 8.78 Å². The molecule has 5 N–H and O–H groups in total. The van der Waals surface area contributed by atoms with Crippen LogP contribution in [0.4, 0.5) is 18.9 Å². The first-order valence-corrected chi connectivity index (χ1v) is 15.4. The number of nitrogen functional groups attached to an aromatic ring is 1. The molecule has 244 valence electrons. The minimum absolute atomic E-state index is 0.198. The summed E-state index contributed by atoms with van der Waals surface area (Å²) in [6, 6.07) is 10.7. The van der Waals surface area contributed by atoms with Crippen molar-refractivity contribution in [3.05, 3.63) is 70.0 Å². The minimum Gasteiger partial charge on any atom is -0.495 e. The van der Waals surface area contributed by atoms with Gasteiger partial charge in [0.1, 0.15) is 23.0 Å². The van der Waals surface area contributed by atoms with Gasteiger partial charge in [0.05, 0.1) is 24.1 Å². The van der Waals surface area contributed by atoms with Gasteiger partial charge in [-0.1, -0.05) is 19.1 Å². The Balaban J connectivity index is 0.000000226. The molecule has 2 amide bonds. The van der Waals surface area contributed by atoms with Crippen LogP contribution in [-0.4, -0.2) is 50.8 Å². The molecular formula is C33H36F3N5O4S. The van der Waals surface area contributed by atoms with Gasteiger partial charge in [0.25, 0.3) is 0 Å². The number of amides is 2. The Bertz CT molecular complexity index is 1710. The summed E-state index contributed by atoms with van der Waals surface area (Å²) in [6.45, 7) is 2.47. The van der Waals surface area contributed by atoms with Gasteiger partial charge in [-0.15, -0.1) is 11.3 Å². The molecule has 9 nitrogen and oxygen atoms in total. The van der Waals surface area contributed by atoms with Crippen molar-refractivity contribution in [3.63, 3.8) is 0 Å². The number of carbonyl (C=O) groups excluding carboxylic acids is 2. The number of fused-ring (bicyclic) bond motifs is 2. The fraction of sp³-hybridized carbons (Fsp3) is 0.333. The number of anilines is 1. The van der Waals surface area contributed by atoms with Crippen LogP contribution < -0.4 is 26.3 Å². The maximum atomic E-state index is 14.2. The van der Waals surface area contributed by atoms with Gasteiger partial charge < -0.3 is 26.3 Å². The van der Waals surface area contributed by atoms with Crippen LogP contribution in [0.5, 0.6) is 11.5 Å². The van der Waals surface area contributed by atoms with E-state index in [-0.39, 0.29) is 24.1 Å². The Morgan fingerprint density at radius 2 is 1.98 bits per heavy atom. The van der Waals surface area contributed by atoms with Crippen molar-refractivity contribution in [2.24, 2.45) is 16.6 Å². The van der Waals surface area contributed by atoms with Crippen LogP contribution in [0.1, 0.15) is 54.0 Å². The maximum absolute atomic E-state index is 14.2. The number of aromatic nitrogens is 1. The molecule has 1 fully saturated rings. The zero-order valence-electron chi connectivity index (χ0n) is 25.6. The van der Waals surface area contributed by atoms with Gasteiger partial charge in [-0.05, 0) is 55.5 Å². The third kappa shape index (κ3) is 7.94. The SMILES string of the molecule is CC1COc2c1cc(C(CNC=O)C1CC1)nc2-c1csc2c(F)cccc12.COc1cc(C)cc(/C=N/C(F)F)c1N.NC=O. The van der Waals surface area contributed by atoms with Crippen LogP contribution in [0.2, 0.25) is 0 Å². The smallest absolute Gasteiger partial charge is 0.331 e. The summed E-state index contributed by atoms with van der Waals surface area (Å²) >= 11 is 1.40. The number of nitrogens with zero attached hydrogens (tertiary/aromatic N) is 2. The first kappa shape index (κ1) is 34.2. The van der Waals surface area contributed by atoms with Crippen molar-refractivity contribution in [2.45, 2.75) is 45.1 Å². The number of nitrogens with two attached hydrogens (primary N) is 2. The monoisotopic (exact) mass is 655 g/mol. The van der Waals surface area contributed by atoms with Crippen molar-refractivity contribution >= 4 is 46.1 Å². The summed E-state index contributed by atoms with van der Waals surface area (Å²) in [7, 11) is 1.47. The second-order valence-corrected chi connectivity index (χ2v) is 11.8. The highest BCUT2D eigenvalue weighted by atomic mass is 32.1. The zero-order valence-corrected chi connectivity index (χ0v) is 26.5. The minimum atomic E-state index is -2.73. The number of pyridine rings is 1. The molecule has 2 unspecified atom stereocenters. The first-order valence-electron chi connectivity index (χ1n) is 14.5. The van der Waals surface area contributed by atoms with Gasteiger partial charge in [-0.25, -0.2) is 14.4 Å². The third-order valence-corrected chi connectivity index (χ3v) is 8.70. The lowest BCUT2D eigenvalue weighted by atomic mass is 9.93. The first-order chi connectivity index (χ1) is 22.1. The van der Waals surface area contributed by atoms with Crippen LogP contribution in [0.25, 0.3) is 21.3 Å². The Labute approximate surface area is 268 Å². The predicted octanol–water partition coefficient (Wildman–Crippen LogP) is 6.17. The molecule has 13 heteroatoms. The number of methoxy groups -OCH3 is 1. The van der Waals surface area contributed by atoms with Crippen molar-refractivity contribution < 1.29 is 32.2 Å². The molecule has 0 spiro atoms. The number of carbonyl (C=O) groups is 2. The number of primary amides is 1. The molecule has 4 aromatic rings. The number of rotatable bonds is 9. The molecule has 2 aromatic carbocycles. The number of benzene rings is 2. The predicted molar refractivity (Wildman–Crippen MR) is 174 cm³/mol. The average Bonchev–Trinajstić information content (AvgIpc) is 3.66. The van der Waals surface area contributed by atoms with Gasteiger partial charge >= 0.3 is 6.55 Å². The third-order valence-electron chi connectivity index (χ3n) is 7.69. The van der Waals surface area contributed by atoms with E-state index in [0.717, 1.165) is 64.7 Å². The van der Waals surface area contributed by atoms with Gasteiger partial charge in [0.15, 0.2) is 0 Å². The second kappa shape index (κ2) is 15.6. The van der Waals surface area contributed by atoms with Gasteiger partial charge in [0, 0.05) is 57.7 Å². The molecular weight excluding hydrogens is 619 g/mol. The normalized spacial score (nSPS) is 15.7. The van der Waals surface area contributed by atoms with Gasteiger partial charge in [0.2, 0.25) is 12.8 Å². The van der Waals surface area contributed by atoms with Crippen LogP contribution in [-0.2, 0) is 9.59 Å². The van der Waals surface area contributed by atoms with Crippen LogP contribution >= 0.6 is 11.3 Å². The molecule has 1 saturated carbocycles. The Hall–Kier alpha value is -4.65. The van der Waals surface area contributed by atoms with E-state index in [0.29, 0.717) is 40.8 Å². The number of nitrogens with one attached hydrogen (secondary N) is 1. The largest absolute Gasteiger partial charge is 0.495 e. The van der Waals surface area contributed by atoms with Crippen LogP contribution in [0, 0.1) is 18.7 Å². The lowest BCUT2D eigenvalue weighted by Gasteiger charge is -2.18. The van der Waals surface area contributed by atoms with E-state index >= 15 is 0 Å². The molecule has 0 radical (unpaired) electrons. The second-order valence-electron chi connectivity index (χ2n) is 10.9. The topological polar surface area (TPSA) is 142 Å². The summed E-state index contributed by atoms with van der Waals surface area (Å²) in [5, 5.41) is 5.68. The molecule has 1 aliphatic heterocycles. The lowest BCUT2D eigenvalue weighted by molar-refractivity contribution is -0.109. The Kier molecular flexibility index (Phi) is 11.6. The number of hydrogen-bond acceptors (Lipinski definition) is 8. The number of aliphatic imine (C=N–C) groups is 1. The van der Waals surface area contributed by atoms with E-state index < -0.39 is 6.55 Å². The summed E-state index contributed by atoms with van der Waals surface area (Å²) in [4.78, 5) is 27.4. The van der Waals surface area contributed by atoms with E-state index in [9.17, 15) is 18.0 Å². The molecule has 1 aliphatic carbocycles. The molecule has 2 atom stereocenters. The molecule has 2 aromatic heterocycles. The highest BCUT2D eigenvalue weighted by Crippen LogP contribution is 2.48. The quantitative estimate of drug-likeness (QED) is 0.0853. The number of aryl methyl sites for hydroxylation is 1. The Morgan fingerprint density at radius 1 is 1.24 bits per heavy atom. The van der Waals surface area contributed by atoms with Crippen molar-refractivity contribution in [1.82, 2.24) is 10.3 Å². The van der Waals surface area contributed by atoms with E-state index in [2.05, 4.69) is 29.0 Å². The highest BCUT2D eigenvalue weighted by molar-refractivity contribution is 7.17. The Morgan fingerprint density at radius 3 is 2.63 bits per heavy atom. The summed E-state index contributed by atoms with van der Waals surface area (Å²) in [6.07, 6.45) is 4.38.